The van der Waals surface area contributed by atoms with E-state index in [9.17, 15) is 9.59 Å². The van der Waals surface area contributed by atoms with Crippen molar-refractivity contribution < 1.29 is 9.59 Å². The van der Waals surface area contributed by atoms with Gasteiger partial charge in [-0.25, -0.2) is 0 Å². The highest BCUT2D eigenvalue weighted by Gasteiger charge is 2.39. The molecule has 1 aliphatic heterocycles. The third-order valence-electron chi connectivity index (χ3n) is 6.29. The number of piperidine rings is 1. The number of halogens is 1. The fourth-order valence-electron chi connectivity index (χ4n) is 4.65. The van der Waals surface area contributed by atoms with Crippen molar-refractivity contribution in [2.45, 2.75) is 31.2 Å². The highest BCUT2D eigenvalue weighted by Crippen LogP contribution is 2.35. The van der Waals surface area contributed by atoms with E-state index in [-0.39, 0.29) is 24.0 Å². The lowest BCUT2D eigenvalue weighted by molar-refractivity contribution is 0.0748. The smallest absolute Gasteiger partial charge is 0.189 e. The Morgan fingerprint density at radius 2 is 1.18 bits per heavy atom. The quantitative estimate of drug-likeness (QED) is 0.290. The number of ketones is 2. The molecule has 0 amide bonds. The largest absolute Gasteiger partial charge is 0.292 e. The number of hydrogen-bond donors (Lipinski definition) is 0. The van der Waals surface area contributed by atoms with Gasteiger partial charge in [0.15, 0.2) is 11.6 Å². The van der Waals surface area contributed by atoms with E-state index in [1.165, 1.54) is 6.42 Å². The second-order valence-corrected chi connectivity index (χ2v) is 8.38. The van der Waals surface area contributed by atoms with Gasteiger partial charge in [-0.15, -0.1) is 12.4 Å². The Morgan fingerprint density at radius 1 is 0.697 bits per heavy atom. The van der Waals surface area contributed by atoms with Crippen LogP contribution in [0.2, 0.25) is 0 Å². The zero-order chi connectivity index (χ0) is 22.3. The first kappa shape index (κ1) is 24.6. The van der Waals surface area contributed by atoms with Crippen LogP contribution in [0.1, 0.15) is 51.5 Å². The van der Waals surface area contributed by atoms with Crippen LogP contribution >= 0.6 is 12.4 Å². The van der Waals surface area contributed by atoms with E-state index in [4.69, 9.17) is 0 Å². The standard InChI is InChI=1S/C29H29NO2.ClH/c1-22(28(31)24-16-8-3-9-17-24)26(23-14-6-2-7-15-23)27(30-20-12-5-13-21-30)29(32)25-18-10-4-11-19-25;/h2-4,6-11,14-19,26-27H,1,5,12-13,20-21H2;1H. The van der Waals surface area contributed by atoms with E-state index in [0.29, 0.717) is 16.7 Å². The fourth-order valence-corrected chi connectivity index (χ4v) is 4.65. The van der Waals surface area contributed by atoms with Crippen LogP contribution in [0.5, 0.6) is 0 Å². The fraction of sp³-hybridized carbons (Fsp3) is 0.241. The van der Waals surface area contributed by atoms with Crippen molar-refractivity contribution in [2.75, 3.05) is 13.1 Å². The summed E-state index contributed by atoms with van der Waals surface area (Å²) in [5, 5.41) is 0. The topological polar surface area (TPSA) is 37.4 Å². The predicted molar refractivity (Wildman–Crippen MR) is 136 cm³/mol. The molecule has 1 fully saturated rings. The van der Waals surface area contributed by atoms with Gasteiger partial charge in [0.2, 0.25) is 0 Å². The van der Waals surface area contributed by atoms with E-state index < -0.39 is 12.0 Å². The van der Waals surface area contributed by atoms with Crippen molar-refractivity contribution in [3.63, 3.8) is 0 Å². The number of likely N-dealkylation sites (tertiary alicyclic amines) is 1. The van der Waals surface area contributed by atoms with Crippen molar-refractivity contribution in [1.82, 2.24) is 4.90 Å². The Bertz CT molecular complexity index is 1060. The predicted octanol–water partition coefficient (Wildman–Crippen LogP) is 6.37. The van der Waals surface area contributed by atoms with Crippen LogP contribution in [0.25, 0.3) is 0 Å². The van der Waals surface area contributed by atoms with Crippen LogP contribution in [0.4, 0.5) is 0 Å². The molecule has 4 rings (SSSR count). The Labute approximate surface area is 202 Å². The van der Waals surface area contributed by atoms with Crippen LogP contribution in [0, 0.1) is 0 Å². The summed E-state index contributed by atoms with van der Waals surface area (Å²) >= 11 is 0. The molecule has 0 N–H and O–H groups in total. The average molecular weight is 460 g/mol. The van der Waals surface area contributed by atoms with Crippen molar-refractivity contribution in [2.24, 2.45) is 0 Å². The molecule has 3 aromatic carbocycles. The molecule has 3 nitrogen and oxygen atoms in total. The molecule has 0 saturated carbocycles. The maximum absolute atomic E-state index is 13.9. The van der Waals surface area contributed by atoms with Crippen molar-refractivity contribution in [3.05, 3.63) is 120 Å². The summed E-state index contributed by atoms with van der Waals surface area (Å²) in [4.78, 5) is 29.7. The summed E-state index contributed by atoms with van der Waals surface area (Å²) in [5.41, 5.74) is 2.68. The van der Waals surface area contributed by atoms with Gasteiger partial charge >= 0.3 is 0 Å². The minimum atomic E-state index is -0.472. The lowest BCUT2D eigenvalue weighted by Crippen LogP contribution is -2.48. The molecular weight excluding hydrogens is 430 g/mol. The summed E-state index contributed by atoms with van der Waals surface area (Å²) < 4.78 is 0. The van der Waals surface area contributed by atoms with Crippen LogP contribution in [0.3, 0.4) is 0 Å². The molecule has 0 spiro atoms. The van der Waals surface area contributed by atoms with E-state index in [2.05, 4.69) is 11.5 Å². The first-order chi connectivity index (χ1) is 15.7. The maximum Gasteiger partial charge on any atom is 0.189 e. The molecule has 170 valence electrons. The molecule has 0 aromatic heterocycles. The van der Waals surface area contributed by atoms with Gasteiger partial charge in [0.05, 0.1) is 6.04 Å². The molecular formula is C29H30ClNO2. The van der Waals surface area contributed by atoms with Gasteiger partial charge in [-0.3, -0.25) is 14.5 Å². The van der Waals surface area contributed by atoms with Crippen molar-refractivity contribution >= 4 is 24.0 Å². The minimum absolute atomic E-state index is 0. The Morgan fingerprint density at radius 3 is 1.73 bits per heavy atom. The number of carbonyl (C=O) groups excluding carboxylic acids is 2. The Balaban J connectivity index is 0.00000306. The third-order valence-corrected chi connectivity index (χ3v) is 6.29. The Hall–Kier alpha value is -3.01. The lowest BCUT2D eigenvalue weighted by Gasteiger charge is -2.39. The molecule has 1 aliphatic rings. The molecule has 2 unspecified atom stereocenters. The van der Waals surface area contributed by atoms with E-state index in [1.54, 1.807) is 0 Å². The average Bonchev–Trinajstić information content (AvgIpc) is 2.88. The van der Waals surface area contributed by atoms with Crippen molar-refractivity contribution in [1.29, 1.82) is 0 Å². The molecule has 3 aromatic rings. The van der Waals surface area contributed by atoms with Gasteiger partial charge in [0.25, 0.3) is 0 Å². The van der Waals surface area contributed by atoms with Crippen LogP contribution in [-0.2, 0) is 0 Å². The number of rotatable bonds is 8. The van der Waals surface area contributed by atoms with Gasteiger partial charge < -0.3 is 0 Å². The second-order valence-electron chi connectivity index (χ2n) is 8.38. The third kappa shape index (κ3) is 5.68. The molecule has 0 bridgehead atoms. The van der Waals surface area contributed by atoms with Crippen LogP contribution in [0.15, 0.2) is 103 Å². The molecule has 1 heterocycles. The normalized spacial score (nSPS) is 15.6. The maximum atomic E-state index is 13.9. The SMILES string of the molecule is C=C(C(=O)c1ccccc1)C(c1ccccc1)C(C(=O)c1ccccc1)N1CCCCC1.Cl. The molecule has 33 heavy (non-hydrogen) atoms. The molecule has 4 heteroatoms. The zero-order valence-corrected chi connectivity index (χ0v) is 19.5. The Kier molecular flexibility index (Phi) is 8.76. The minimum Gasteiger partial charge on any atom is -0.292 e. The first-order valence-electron chi connectivity index (χ1n) is 11.3. The van der Waals surface area contributed by atoms with E-state index in [1.807, 2.05) is 91.0 Å². The summed E-state index contributed by atoms with van der Waals surface area (Å²) in [7, 11) is 0. The number of carbonyl (C=O) groups is 2. The summed E-state index contributed by atoms with van der Waals surface area (Å²) in [6.07, 6.45) is 3.28. The van der Waals surface area contributed by atoms with Crippen LogP contribution < -0.4 is 0 Å². The van der Waals surface area contributed by atoms with Gasteiger partial charge in [0, 0.05) is 22.6 Å². The number of Topliss-reactive ketones (excluding diaryl/α,β-unsaturated/α-hetero) is 2. The van der Waals surface area contributed by atoms with Gasteiger partial charge in [-0.1, -0.05) is 104 Å². The number of benzene rings is 3. The van der Waals surface area contributed by atoms with E-state index >= 15 is 0 Å². The monoisotopic (exact) mass is 459 g/mol. The highest BCUT2D eigenvalue weighted by atomic mass is 35.5. The first-order valence-corrected chi connectivity index (χ1v) is 11.3. The molecule has 0 aliphatic carbocycles. The van der Waals surface area contributed by atoms with Gasteiger partial charge in [-0.05, 0) is 31.5 Å². The van der Waals surface area contributed by atoms with E-state index in [0.717, 1.165) is 31.5 Å². The second kappa shape index (κ2) is 11.7. The number of nitrogens with zero attached hydrogens (tertiary/aromatic N) is 1. The van der Waals surface area contributed by atoms with Crippen molar-refractivity contribution in [3.8, 4) is 0 Å². The van der Waals surface area contributed by atoms with Gasteiger partial charge in [0.1, 0.15) is 0 Å². The molecule has 1 saturated heterocycles. The lowest BCUT2D eigenvalue weighted by atomic mass is 9.78. The van der Waals surface area contributed by atoms with Crippen LogP contribution in [-0.4, -0.2) is 35.6 Å². The highest BCUT2D eigenvalue weighted by molar-refractivity contribution is 6.11. The molecule has 0 radical (unpaired) electrons. The van der Waals surface area contributed by atoms with Gasteiger partial charge in [-0.2, -0.15) is 0 Å². The summed E-state index contributed by atoms with van der Waals surface area (Å²) in [5.74, 6) is -0.486. The summed E-state index contributed by atoms with van der Waals surface area (Å²) in [6, 6.07) is 28.1. The zero-order valence-electron chi connectivity index (χ0n) is 18.7. The summed E-state index contributed by atoms with van der Waals surface area (Å²) in [6.45, 7) is 5.96. The number of hydrogen-bond acceptors (Lipinski definition) is 3. The molecule has 2 atom stereocenters.